The van der Waals surface area contributed by atoms with Crippen molar-refractivity contribution in [3.63, 3.8) is 0 Å². The minimum Gasteiger partial charge on any atom is -0.341 e. The van der Waals surface area contributed by atoms with Crippen LogP contribution in [0.4, 0.5) is 4.39 Å². The largest absolute Gasteiger partial charge is 0.341 e. The summed E-state index contributed by atoms with van der Waals surface area (Å²) in [5.41, 5.74) is 6.09. The first-order valence-electron chi connectivity index (χ1n) is 6.19. The first-order chi connectivity index (χ1) is 8.95. The number of benzene rings is 1. The summed E-state index contributed by atoms with van der Waals surface area (Å²) in [7, 11) is 1.73. The zero-order valence-electron chi connectivity index (χ0n) is 11.5. The highest BCUT2D eigenvalue weighted by Crippen LogP contribution is 2.13. The molecule has 0 aromatic heterocycles. The van der Waals surface area contributed by atoms with Gasteiger partial charge in [0.1, 0.15) is 5.82 Å². The van der Waals surface area contributed by atoms with E-state index in [1.807, 2.05) is 13.8 Å². The van der Waals surface area contributed by atoms with Crippen LogP contribution in [0.15, 0.2) is 18.2 Å². The van der Waals surface area contributed by atoms with Gasteiger partial charge in [-0.05, 0) is 24.1 Å². The predicted molar refractivity (Wildman–Crippen MR) is 74.1 cm³/mol. The van der Waals surface area contributed by atoms with E-state index in [1.54, 1.807) is 11.9 Å². The Balaban J connectivity index is 3.08. The molecule has 0 spiro atoms. The Morgan fingerprint density at radius 2 is 2.16 bits per heavy atom. The molecule has 1 amide bonds. The van der Waals surface area contributed by atoms with Gasteiger partial charge < -0.3 is 10.6 Å². The lowest BCUT2D eigenvalue weighted by Crippen LogP contribution is -2.30. The minimum absolute atomic E-state index is 0.157. The standard InChI is InChI=1S/C15H19FN2O/c1-11(2)10-18(3)15(19)14-7-6-13(16)9-12(14)5-4-8-17/h6-7,9,11H,8,10,17H2,1-3H3. The van der Waals surface area contributed by atoms with E-state index in [4.69, 9.17) is 5.73 Å². The predicted octanol–water partition coefficient (Wildman–Crippen LogP) is 1.86. The van der Waals surface area contributed by atoms with Crippen molar-refractivity contribution in [2.24, 2.45) is 11.7 Å². The Morgan fingerprint density at radius 3 is 2.74 bits per heavy atom. The molecule has 4 heteroatoms. The van der Waals surface area contributed by atoms with Crippen LogP contribution < -0.4 is 5.73 Å². The van der Waals surface area contributed by atoms with Crippen molar-refractivity contribution in [2.45, 2.75) is 13.8 Å². The second kappa shape index (κ2) is 6.91. The molecule has 0 aliphatic carbocycles. The highest BCUT2D eigenvalue weighted by Gasteiger charge is 2.16. The summed E-state index contributed by atoms with van der Waals surface area (Å²) in [5.74, 6) is 5.19. The van der Waals surface area contributed by atoms with Crippen molar-refractivity contribution in [2.75, 3.05) is 20.1 Å². The van der Waals surface area contributed by atoms with Crippen molar-refractivity contribution in [1.82, 2.24) is 4.90 Å². The third-order valence-corrected chi connectivity index (χ3v) is 2.52. The lowest BCUT2D eigenvalue weighted by Gasteiger charge is -2.20. The van der Waals surface area contributed by atoms with Crippen molar-refractivity contribution in [3.8, 4) is 11.8 Å². The van der Waals surface area contributed by atoms with Gasteiger partial charge in [-0.15, -0.1) is 0 Å². The number of halogens is 1. The summed E-state index contributed by atoms with van der Waals surface area (Å²) in [6.07, 6.45) is 0. The molecule has 0 aliphatic rings. The number of hydrogen-bond donors (Lipinski definition) is 1. The van der Waals surface area contributed by atoms with Crippen molar-refractivity contribution in [3.05, 3.63) is 35.1 Å². The molecule has 0 fully saturated rings. The molecule has 2 N–H and O–H groups in total. The number of amides is 1. The molecule has 0 radical (unpaired) electrons. The Labute approximate surface area is 113 Å². The first-order valence-corrected chi connectivity index (χ1v) is 6.19. The average molecular weight is 262 g/mol. The molecule has 0 heterocycles. The van der Waals surface area contributed by atoms with Crippen molar-refractivity contribution < 1.29 is 9.18 Å². The number of rotatable bonds is 3. The molecule has 0 bridgehead atoms. The quantitative estimate of drug-likeness (QED) is 0.845. The van der Waals surface area contributed by atoms with Gasteiger partial charge in [-0.3, -0.25) is 4.79 Å². The first kappa shape index (κ1) is 15.2. The molecule has 19 heavy (non-hydrogen) atoms. The molecule has 1 rings (SSSR count). The summed E-state index contributed by atoms with van der Waals surface area (Å²) < 4.78 is 13.2. The smallest absolute Gasteiger partial charge is 0.254 e. The summed E-state index contributed by atoms with van der Waals surface area (Å²) in [5, 5.41) is 0. The lowest BCUT2D eigenvalue weighted by molar-refractivity contribution is 0.0779. The summed E-state index contributed by atoms with van der Waals surface area (Å²) in [4.78, 5) is 13.9. The fourth-order valence-electron chi connectivity index (χ4n) is 1.79. The van der Waals surface area contributed by atoms with E-state index in [0.29, 0.717) is 23.6 Å². The van der Waals surface area contributed by atoms with Crippen molar-refractivity contribution in [1.29, 1.82) is 0 Å². The highest BCUT2D eigenvalue weighted by molar-refractivity contribution is 5.96. The second-order valence-electron chi connectivity index (χ2n) is 4.78. The van der Waals surface area contributed by atoms with E-state index in [0.717, 1.165) is 0 Å². The topological polar surface area (TPSA) is 46.3 Å². The number of carbonyl (C=O) groups excluding carboxylic acids is 1. The van der Waals surface area contributed by atoms with Gasteiger partial charge in [0, 0.05) is 19.2 Å². The van der Waals surface area contributed by atoms with Crippen LogP contribution in [0, 0.1) is 23.6 Å². The Kier molecular flexibility index (Phi) is 5.53. The van der Waals surface area contributed by atoms with Crippen LogP contribution in [0.1, 0.15) is 29.8 Å². The van der Waals surface area contributed by atoms with Gasteiger partial charge in [-0.1, -0.05) is 25.7 Å². The molecule has 0 atom stereocenters. The monoisotopic (exact) mass is 262 g/mol. The Morgan fingerprint density at radius 1 is 1.47 bits per heavy atom. The molecule has 3 nitrogen and oxygen atoms in total. The summed E-state index contributed by atoms with van der Waals surface area (Å²) in [6, 6.07) is 4.00. The third-order valence-electron chi connectivity index (χ3n) is 2.52. The average Bonchev–Trinajstić information content (AvgIpc) is 2.34. The van der Waals surface area contributed by atoms with Gasteiger partial charge in [0.25, 0.3) is 5.91 Å². The molecule has 1 aromatic carbocycles. The van der Waals surface area contributed by atoms with E-state index < -0.39 is 5.82 Å². The van der Waals surface area contributed by atoms with E-state index in [1.165, 1.54) is 18.2 Å². The third kappa shape index (κ3) is 4.38. The second-order valence-corrected chi connectivity index (χ2v) is 4.78. The van der Waals surface area contributed by atoms with Gasteiger partial charge in [0.05, 0.1) is 12.1 Å². The van der Waals surface area contributed by atoms with Gasteiger partial charge in [0.15, 0.2) is 0 Å². The number of hydrogen-bond acceptors (Lipinski definition) is 2. The van der Waals surface area contributed by atoms with Crippen LogP contribution in [0.2, 0.25) is 0 Å². The molecule has 0 saturated carbocycles. The van der Waals surface area contributed by atoms with Gasteiger partial charge in [-0.2, -0.15) is 0 Å². The van der Waals surface area contributed by atoms with Crippen LogP contribution in [0.3, 0.4) is 0 Å². The van der Waals surface area contributed by atoms with Gasteiger partial charge >= 0.3 is 0 Å². The summed E-state index contributed by atoms with van der Waals surface area (Å²) in [6.45, 7) is 4.87. The number of nitrogens with zero attached hydrogens (tertiary/aromatic N) is 1. The van der Waals surface area contributed by atoms with Gasteiger partial charge in [0.2, 0.25) is 0 Å². The van der Waals surface area contributed by atoms with Crippen LogP contribution in [0.5, 0.6) is 0 Å². The molecular formula is C15H19FN2O. The van der Waals surface area contributed by atoms with E-state index in [2.05, 4.69) is 11.8 Å². The van der Waals surface area contributed by atoms with Crippen LogP contribution >= 0.6 is 0 Å². The molecule has 102 valence electrons. The van der Waals surface area contributed by atoms with Crippen LogP contribution in [-0.4, -0.2) is 30.9 Å². The maximum Gasteiger partial charge on any atom is 0.254 e. The zero-order valence-corrected chi connectivity index (χ0v) is 11.5. The SMILES string of the molecule is CC(C)CN(C)C(=O)c1ccc(F)cc1C#CCN. The summed E-state index contributed by atoms with van der Waals surface area (Å²) >= 11 is 0. The Hall–Kier alpha value is -1.86. The maximum atomic E-state index is 13.2. The molecule has 0 saturated heterocycles. The van der Waals surface area contributed by atoms with E-state index in [-0.39, 0.29) is 12.5 Å². The fraction of sp³-hybridized carbons (Fsp3) is 0.400. The molecule has 0 unspecified atom stereocenters. The molecular weight excluding hydrogens is 243 g/mol. The van der Waals surface area contributed by atoms with Crippen LogP contribution in [-0.2, 0) is 0 Å². The van der Waals surface area contributed by atoms with E-state index >= 15 is 0 Å². The minimum atomic E-state index is -0.413. The number of carbonyl (C=O) groups is 1. The van der Waals surface area contributed by atoms with Crippen molar-refractivity contribution >= 4 is 5.91 Å². The van der Waals surface area contributed by atoms with Gasteiger partial charge in [-0.25, -0.2) is 4.39 Å². The highest BCUT2D eigenvalue weighted by atomic mass is 19.1. The number of nitrogens with two attached hydrogens (primary N) is 1. The Bertz CT molecular complexity index is 515. The van der Waals surface area contributed by atoms with Crippen LogP contribution in [0.25, 0.3) is 0 Å². The fourth-order valence-corrected chi connectivity index (χ4v) is 1.79. The molecule has 1 aromatic rings. The molecule has 0 aliphatic heterocycles. The maximum absolute atomic E-state index is 13.2. The normalized spacial score (nSPS) is 10.0. The lowest BCUT2D eigenvalue weighted by atomic mass is 10.1. The van der Waals surface area contributed by atoms with E-state index in [9.17, 15) is 9.18 Å². The zero-order chi connectivity index (χ0) is 14.4.